The summed E-state index contributed by atoms with van der Waals surface area (Å²) in [7, 11) is 1.57. The van der Waals surface area contributed by atoms with Gasteiger partial charge in [0, 0.05) is 30.1 Å². The largest absolute Gasteiger partial charge is 0.481 e. The Hall–Kier alpha value is -2.87. The van der Waals surface area contributed by atoms with Crippen molar-refractivity contribution >= 4 is 17.7 Å². The molecular weight excluding hydrogens is 338 g/mol. The van der Waals surface area contributed by atoms with Crippen molar-refractivity contribution in [3.8, 4) is 5.88 Å². The Labute approximate surface area is 149 Å². The molecule has 0 fully saturated rings. The first-order valence-electron chi connectivity index (χ1n) is 7.59. The van der Waals surface area contributed by atoms with Crippen molar-refractivity contribution < 1.29 is 9.53 Å². The Morgan fingerprint density at radius 1 is 1.24 bits per heavy atom. The second-order valence-corrected chi connectivity index (χ2v) is 6.09. The Bertz CT molecular complexity index is 821. The van der Waals surface area contributed by atoms with Gasteiger partial charge >= 0.3 is 0 Å². The molecule has 7 nitrogen and oxygen atoms in total. The molecule has 25 heavy (non-hydrogen) atoms. The van der Waals surface area contributed by atoms with E-state index in [4.69, 9.17) is 4.74 Å². The first-order valence-corrected chi connectivity index (χ1v) is 8.58. The van der Waals surface area contributed by atoms with Crippen LogP contribution >= 0.6 is 11.8 Å². The van der Waals surface area contributed by atoms with E-state index in [2.05, 4.69) is 25.5 Å². The van der Waals surface area contributed by atoms with E-state index in [0.29, 0.717) is 23.7 Å². The maximum Gasteiger partial charge on any atom is 0.251 e. The molecule has 0 radical (unpaired) electrons. The summed E-state index contributed by atoms with van der Waals surface area (Å²) in [5.74, 6) is 1.05. The number of nitrogens with one attached hydrogen (secondary N) is 2. The Morgan fingerprint density at radius 2 is 2.12 bits per heavy atom. The summed E-state index contributed by atoms with van der Waals surface area (Å²) in [6.45, 7) is 0.402. The number of amides is 1. The van der Waals surface area contributed by atoms with Crippen molar-refractivity contribution in [1.82, 2.24) is 25.5 Å². The second kappa shape index (κ2) is 8.29. The summed E-state index contributed by atoms with van der Waals surface area (Å²) < 4.78 is 5.02. The molecule has 0 aliphatic rings. The maximum atomic E-state index is 12.5. The molecular formula is C17H17N5O2S. The van der Waals surface area contributed by atoms with E-state index in [-0.39, 0.29) is 5.91 Å². The van der Waals surface area contributed by atoms with Gasteiger partial charge in [0.15, 0.2) is 5.16 Å². The number of carbonyl (C=O) groups excluding carboxylic acids is 1. The molecule has 0 bridgehead atoms. The predicted octanol–water partition coefficient (Wildman–Crippen LogP) is 2.43. The highest BCUT2D eigenvalue weighted by Crippen LogP contribution is 2.21. The highest BCUT2D eigenvalue weighted by Gasteiger charge is 2.11. The topological polar surface area (TPSA) is 92.8 Å². The molecule has 3 rings (SSSR count). The number of methoxy groups -OCH3 is 1. The molecule has 0 aliphatic heterocycles. The van der Waals surface area contributed by atoms with Gasteiger partial charge in [-0.1, -0.05) is 36.0 Å². The molecule has 128 valence electrons. The number of hydrogen-bond donors (Lipinski definition) is 2. The summed E-state index contributed by atoms with van der Waals surface area (Å²) >= 11 is 1.50. The number of aromatic amines is 1. The van der Waals surface area contributed by atoms with E-state index in [1.54, 1.807) is 19.4 Å². The fourth-order valence-corrected chi connectivity index (χ4v) is 2.97. The fraction of sp³-hybridized carbons (Fsp3) is 0.176. The minimum absolute atomic E-state index is 0.121. The highest BCUT2D eigenvalue weighted by molar-refractivity contribution is 7.98. The van der Waals surface area contributed by atoms with E-state index in [0.717, 1.165) is 16.3 Å². The lowest BCUT2D eigenvalue weighted by Crippen LogP contribution is -2.24. The SMILES string of the molecule is COc1ccc(CNC(=O)c2ccccc2CSc2ncn[nH]2)cn1. The summed E-state index contributed by atoms with van der Waals surface area (Å²) in [5.41, 5.74) is 2.49. The normalized spacial score (nSPS) is 10.4. The van der Waals surface area contributed by atoms with E-state index < -0.39 is 0 Å². The van der Waals surface area contributed by atoms with Gasteiger partial charge in [0.1, 0.15) is 6.33 Å². The van der Waals surface area contributed by atoms with E-state index >= 15 is 0 Å². The lowest BCUT2D eigenvalue weighted by atomic mass is 10.1. The second-order valence-electron chi connectivity index (χ2n) is 5.13. The number of nitrogens with zero attached hydrogens (tertiary/aromatic N) is 3. The Kier molecular flexibility index (Phi) is 5.63. The summed E-state index contributed by atoms with van der Waals surface area (Å²) in [6, 6.07) is 11.2. The zero-order valence-corrected chi connectivity index (χ0v) is 14.4. The average Bonchev–Trinajstić information content (AvgIpc) is 3.18. The standard InChI is InChI=1S/C17H17N5O2S/c1-24-15-7-6-12(8-18-15)9-19-16(23)14-5-3-2-4-13(14)10-25-17-20-11-21-22-17/h2-8,11H,9-10H2,1H3,(H,19,23)(H,20,21,22). The molecule has 1 aromatic carbocycles. The molecule has 0 spiro atoms. The molecule has 8 heteroatoms. The molecule has 0 atom stereocenters. The van der Waals surface area contributed by atoms with Gasteiger partial charge < -0.3 is 10.1 Å². The zero-order chi connectivity index (χ0) is 17.5. The summed E-state index contributed by atoms with van der Waals surface area (Å²) in [5, 5.41) is 10.3. The van der Waals surface area contributed by atoms with Gasteiger partial charge in [0.05, 0.1) is 7.11 Å². The lowest BCUT2D eigenvalue weighted by Gasteiger charge is -2.10. The molecule has 0 aliphatic carbocycles. The van der Waals surface area contributed by atoms with E-state index in [1.807, 2.05) is 30.3 Å². The first-order chi connectivity index (χ1) is 12.3. The zero-order valence-electron chi connectivity index (χ0n) is 13.6. The molecule has 2 N–H and O–H groups in total. The smallest absolute Gasteiger partial charge is 0.251 e. The van der Waals surface area contributed by atoms with Crippen LogP contribution in [-0.4, -0.2) is 33.2 Å². The van der Waals surface area contributed by atoms with Crippen LogP contribution in [0.4, 0.5) is 0 Å². The number of pyridine rings is 1. The van der Waals surface area contributed by atoms with Gasteiger partial charge in [0.2, 0.25) is 5.88 Å². The Balaban J connectivity index is 1.62. The van der Waals surface area contributed by atoms with Crippen molar-refractivity contribution in [1.29, 1.82) is 0 Å². The number of hydrogen-bond acceptors (Lipinski definition) is 6. The third-order valence-electron chi connectivity index (χ3n) is 3.48. The molecule has 0 saturated heterocycles. The molecule has 2 aromatic heterocycles. The van der Waals surface area contributed by atoms with Crippen LogP contribution in [0, 0.1) is 0 Å². The van der Waals surface area contributed by atoms with Gasteiger partial charge in [-0.3, -0.25) is 9.89 Å². The van der Waals surface area contributed by atoms with Crippen molar-refractivity contribution in [3.63, 3.8) is 0 Å². The number of carbonyl (C=O) groups is 1. The quantitative estimate of drug-likeness (QED) is 0.632. The highest BCUT2D eigenvalue weighted by atomic mass is 32.2. The monoisotopic (exact) mass is 355 g/mol. The van der Waals surface area contributed by atoms with Gasteiger partial charge in [0.25, 0.3) is 5.91 Å². The van der Waals surface area contributed by atoms with E-state index in [9.17, 15) is 4.79 Å². The van der Waals surface area contributed by atoms with Crippen LogP contribution in [-0.2, 0) is 12.3 Å². The third-order valence-corrected chi connectivity index (χ3v) is 4.40. The summed E-state index contributed by atoms with van der Waals surface area (Å²) in [6.07, 6.45) is 3.15. The van der Waals surface area contributed by atoms with Crippen molar-refractivity contribution in [2.24, 2.45) is 0 Å². The van der Waals surface area contributed by atoms with Gasteiger partial charge in [-0.15, -0.1) is 0 Å². The average molecular weight is 355 g/mol. The van der Waals surface area contributed by atoms with Crippen molar-refractivity contribution in [3.05, 3.63) is 65.6 Å². The van der Waals surface area contributed by atoms with Crippen molar-refractivity contribution in [2.45, 2.75) is 17.5 Å². The van der Waals surface area contributed by atoms with Crippen LogP contribution in [0.2, 0.25) is 0 Å². The minimum Gasteiger partial charge on any atom is -0.481 e. The van der Waals surface area contributed by atoms with Gasteiger partial charge in [-0.05, 0) is 17.2 Å². The van der Waals surface area contributed by atoms with Crippen LogP contribution in [0.5, 0.6) is 5.88 Å². The lowest BCUT2D eigenvalue weighted by molar-refractivity contribution is 0.0950. The van der Waals surface area contributed by atoms with E-state index in [1.165, 1.54) is 18.1 Å². The maximum absolute atomic E-state index is 12.5. The van der Waals surface area contributed by atoms with Crippen LogP contribution in [0.3, 0.4) is 0 Å². The summed E-state index contributed by atoms with van der Waals surface area (Å²) in [4.78, 5) is 20.7. The van der Waals surface area contributed by atoms with Crippen LogP contribution in [0.15, 0.2) is 54.1 Å². The molecule has 2 heterocycles. The predicted molar refractivity (Wildman–Crippen MR) is 94.3 cm³/mol. The number of benzene rings is 1. The molecule has 1 amide bonds. The number of thioether (sulfide) groups is 1. The van der Waals surface area contributed by atoms with Crippen molar-refractivity contribution in [2.75, 3.05) is 7.11 Å². The number of aromatic nitrogens is 4. The van der Waals surface area contributed by atoms with Crippen LogP contribution in [0.25, 0.3) is 0 Å². The fourth-order valence-electron chi connectivity index (χ4n) is 2.19. The molecule has 3 aromatic rings. The van der Waals surface area contributed by atoms with Gasteiger partial charge in [-0.2, -0.15) is 5.10 Å². The van der Waals surface area contributed by atoms with Crippen LogP contribution < -0.4 is 10.1 Å². The van der Waals surface area contributed by atoms with Gasteiger partial charge in [-0.25, -0.2) is 9.97 Å². The van der Waals surface area contributed by atoms with Crippen LogP contribution in [0.1, 0.15) is 21.5 Å². The number of rotatable bonds is 7. The molecule has 0 saturated carbocycles. The molecule has 0 unspecified atom stereocenters. The first kappa shape index (κ1) is 17.0. The third kappa shape index (κ3) is 4.57. The minimum atomic E-state index is -0.121. The number of ether oxygens (including phenoxy) is 1. The number of H-pyrrole nitrogens is 1. The Morgan fingerprint density at radius 3 is 2.84 bits per heavy atom.